The van der Waals surface area contributed by atoms with Crippen LogP contribution in [0.5, 0.6) is 0 Å². The Balaban J connectivity index is -0.0000000924. The maximum absolute atomic E-state index is 8.40. The molecular formula is C44H73N10P3W3. The summed E-state index contributed by atoms with van der Waals surface area (Å²) in [6.07, 6.45) is 0. The van der Waals surface area contributed by atoms with Gasteiger partial charge in [-0.3, -0.25) is 0 Å². The van der Waals surface area contributed by atoms with Crippen molar-refractivity contribution in [2.75, 3.05) is 30.7 Å². The quantitative estimate of drug-likeness (QED) is 0.0493. The molecule has 0 bridgehead atoms. The molecule has 3 N–H and O–H groups in total. The molecule has 332 valence electrons. The molecule has 0 unspecified atom stereocenters. The third kappa shape index (κ3) is 35.9. The first kappa shape index (κ1) is 75.7. The van der Waals surface area contributed by atoms with Gasteiger partial charge in [-0.15, -0.1) is 33.4 Å². The van der Waals surface area contributed by atoms with Gasteiger partial charge >= 0.3 is 63.2 Å². The number of nitrogens with two attached hydrogens (primary N) is 1. The minimum atomic E-state index is 0. The summed E-state index contributed by atoms with van der Waals surface area (Å²) in [6.45, 7) is 49.6. The van der Waals surface area contributed by atoms with Gasteiger partial charge in [0.25, 0.3) is 0 Å². The van der Waals surface area contributed by atoms with Gasteiger partial charge in [-0.1, -0.05) is 146 Å². The molecule has 0 aromatic heterocycles. The van der Waals surface area contributed by atoms with E-state index in [1.165, 1.54) is 27.9 Å². The second-order valence-electron chi connectivity index (χ2n) is 14.5. The van der Waals surface area contributed by atoms with Crippen molar-refractivity contribution < 1.29 is 63.2 Å². The van der Waals surface area contributed by atoms with E-state index in [0.29, 0.717) is 19.6 Å². The first-order valence-corrected chi connectivity index (χ1v) is 19.8. The van der Waals surface area contributed by atoms with Crippen molar-refractivity contribution in [1.82, 2.24) is 0 Å². The van der Waals surface area contributed by atoms with E-state index in [1.54, 1.807) is 0 Å². The van der Waals surface area contributed by atoms with Gasteiger partial charge in [-0.2, -0.15) is 51.6 Å². The van der Waals surface area contributed by atoms with Crippen LogP contribution in [-0.2, 0) is 63.2 Å². The topological polar surface area (TPSA) is 171 Å². The molecule has 60 heavy (non-hydrogen) atoms. The molecular weight excluding hydrogens is 1310 g/mol. The maximum atomic E-state index is 8.40. The van der Waals surface area contributed by atoms with Crippen LogP contribution in [0.2, 0.25) is 0 Å². The number of hydrogen-bond acceptors (Lipinski definition) is 8. The molecule has 10 nitrogen and oxygen atoms in total. The third-order valence-electron chi connectivity index (χ3n) is 7.75. The monoisotopic (exact) mass is 1390 g/mol. The summed E-state index contributed by atoms with van der Waals surface area (Å²) < 4.78 is 10.3. The number of hydrogen-bond donors (Lipinski definition) is 2. The van der Waals surface area contributed by atoms with Crippen molar-refractivity contribution in [3.05, 3.63) is 116 Å². The standard InChI is InChI=1S/C14H22N.C10H12N3.C10H14N.C4H10.3C2H5NP.N2.3W/c1-9-8-10(2)12(4)13(11(9)3)15-14(5,6)7;1-6-5-7(2)9(4)10(8(6)3)12-13-11;1-6-5-7(2)9(4)10(11)8(6)3;1-4(2)3;3*1-2-3-4;1-2;;;/h15H,1-7H3;1-4H3;11H2,1-4H3;4H,1-3H3;3*4H,1-2H2;;;;/q3*-1;;3*-1;;3*+2. The fourth-order valence-electron chi connectivity index (χ4n) is 4.14. The number of nitrogens with zero attached hydrogens (tertiary/aromatic N) is 8. The summed E-state index contributed by atoms with van der Waals surface area (Å²) >= 11 is 0. The number of rotatable bonds is 5. The molecule has 0 radical (unpaired) electrons. The minimum absolute atomic E-state index is 0. The van der Waals surface area contributed by atoms with E-state index in [0.717, 1.165) is 61.8 Å². The summed E-state index contributed by atoms with van der Waals surface area (Å²) in [4.78, 5) is 2.82. The SMILES string of the molecule is CC(C)C.Cc1[c-]c(C)c(C)c(N)c1C.Cc1[c-]c(C)c(C)c(N=[N+]=[N-])c1C.Cc1[c-]c(C)c(C)c(NC(C)(C)C)c1C.N#N.[CH2-]CN=P.[CH2-]CN=P.[CH2-]CN=P.[W+2].[W+2].[W+2]. The van der Waals surface area contributed by atoms with Crippen LogP contribution in [0.4, 0.5) is 17.1 Å². The van der Waals surface area contributed by atoms with Gasteiger partial charge in [0, 0.05) is 21.2 Å². The second-order valence-corrected chi connectivity index (χ2v) is 15.4. The number of nitrogen functional groups attached to an aromatic ring is 1. The Labute approximate surface area is 417 Å². The number of aryl methyl sites for hydroxylation is 6. The van der Waals surface area contributed by atoms with Gasteiger partial charge in [0.05, 0.1) is 0 Å². The van der Waals surface area contributed by atoms with E-state index in [1.807, 2.05) is 55.4 Å². The molecule has 0 amide bonds. The zero-order valence-corrected chi connectivity index (χ0v) is 51.5. The first-order chi connectivity index (χ1) is 26.3. The summed E-state index contributed by atoms with van der Waals surface area (Å²) in [5.74, 6) is 0.833. The van der Waals surface area contributed by atoms with Crippen LogP contribution in [0.25, 0.3) is 10.4 Å². The number of nitrogens with one attached hydrogen (secondary N) is 1. The van der Waals surface area contributed by atoms with E-state index >= 15 is 0 Å². The van der Waals surface area contributed by atoms with Crippen molar-refractivity contribution in [3.63, 3.8) is 0 Å². The molecule has 0 aliphatic carbocycles. The zero-order chi connectivity index (χ0) is 46.2. The molecule has 0 saturated carbocycles. The fraction of sp³-hybridized carbons (Fsp3) is 0.523. The summed E-state index contributed by atoms with van der Waals surface area (Å²) in [6, 6.07) is 9.88. The Hall–Kier alpha value is -1.65. The fourth-order valence-corrected chi connectivity index (χ4v) is 4.14. The van der Waals surface area contributed by atoms with Crippen molar-refractivity contribution in [2.24, 2.45) is 25.3 Å². The van der Waals surface area contributed by atoms with Crippen molar-refractivity contribution in [3.8, 4) is 0 Å². The van der Waals surface area contributed by atoms with Crippen LogP contribution in [0, 0.1) is 139 Å². The van der Waals surface area contributed by atoms with E-state index in [9.17, 15) is 0 Å². The molecule has 3 rings (SSSR count). The maximum Gasteiger partial charge on any atom is 2.00 e. The van der Waals surface area contributed by atoms with Crippen LogP contribution in [0.3, 0.4) is 0 Å². The van der Waals surface area contributed by atoms with E-state index in [4.69, 9.17) is 22.1 Å². The molecule has 0 aliphatic heterocycles. The van der Waals surface area contributed by atoms with Crippen LogP contribution in [0.15, 0.2) is 19.3 Å². The molecule has 3 aromatic rings. The Kier molecular flexibility index (Phi) is 55.5. The number of benzene rings is 3. The molecule has 0 aliphatic rings. The van der Waals surface area contributed by atoms with Gasteiger partial charge in [0.2, 0.25) is 0 Å². The predicted octanol–water partition coefficient (Wildman–Crippen LogP) is 15.0. The molecule has 16 heteroatoms. The molecule has 0 spiro atoms. The van der Waals surface area contributed by atoms with Crippen LogP contribution in [-0.4, -0.2) is 25.2 Å². The predicted molar refractivity (Wildman–Crippen MR) is 256 cm³/mol. The van der Waals surface area contributed by atoms with E-state index in [2.05, 4.69) is 165 Å². The second kappa shape index (κ2) is 44.0. The Bertz CT molecular complexity index is 1620. The van der Waals surface area contributed by atoms with E-state index < -0.39 is 0 Å². The van der Waals surface area contributed by atoms with E-state index in [-0.39, 0.29) is 68.7 Å². The average molecular weight is 1390 g/mol. The number of azide groups is 1. The van der Waals surface area contributed by atoms with Crippen LogP contribution >= 0.6 is 27.1 Å². The molecule has 0 fully saturated rings. The average Bonchev–Trinajstić information content (AvgIpc) is 3.16. The molecule has 0 saturated heterocycles. The van der Waals surface area contributed by atoms with Gasteiger partial charge in [0.15, 0.2) is 0 Å². The van der Waals surface area contributed by atoms with Gasteiger partial charge in [0.1, 0.15) is 0 Å². The summed E-state index contributed by atoms with van der Waals surface area (Å²) in [7, 11) is 8.55. The normalized spacial score (nSPS) is 8.73. The Morgan fingerprint density at radius 3 is 1.02 bits per heavy atom. The molecule has 3 aromatic carbocycles. The zero-order valence-electron chi connectivity index (χ0n) is 39.7. The summed E-state index contributed by atoms with van der Waals surface area (Å²) in [5, 5.41) is 19.3. The van der Waals surface area contributed by atoms with Crippen LogP contribution < -0.4 is 11.1 Å². The largest absolute Gasteiger partial charge is 2.00 e. The number of anilines is 2. The van der Waals surface area contributed by atoms with Crippen molar-refractivity contribution >= 4 is 44.2 Å². The third-order valence-corrected chi connectivity index (χ3v) is 8.42. The summed E-state index contributed by atoms with van der Waals surface area (Å²) in [5.41, 5.74) is 31.2. The van der Waals surface area contributed by atoms with Crippen molar-refractivity contribution in [1.29, 1.82) is 10.8 Å². The van der Waals surface area contributed by atoms with Crippen LogP contribution in [0.1, 0.15) is 108 Å². The van der Waals surface area contributed by atoms with Crippen molar-refractivity contribution in [2.45, 2.75) is 130 Å². The van der Waals surface area contributed by atoms with Gasteiger partial charge < -0.3 is 46.1 Å². The molecule has 0 heterocycles. The minimum Gasteiger partial charge on any atom is -0.419 e. The smallest absolute Gasteiger partial charge is 0.419 e. The van der Waals surface area contributed by atoms with Gasteiger partial charge in [-0.05, 0) is 59.3 Å². The Morgan fingerprint density at radius 2 is 0.817 bits per heavy atom. The first-order valence-electron chi connectivity index (χ1n) is 18.5. The van der Waals surface area contributed by atoms with Gasteiger partial charge in [-0.25, -0.2) is 0 Å². The Morgan fingerprint density at radius 1 is 0.600 bits per heavy atom. The molecule has 0 atom stereocenters.